The van der Waals surface area contributed by atoms with Crippen molar-refractivity contribution in [1.82, 2.24) is 29.5 Å². The van der Waals surface area contributed by atoms with E-state index in [4.69, 9.17) is 5.73 Å². The molecule has 0 aliphatic carbocycles. The molecule has 25 heavy (non-hydrogen) atoms. The van der Waals surface area contributed by atoms with Gasteiger partial charge in [0.1, 0.15) is 5.82 Å². The first-order valence-corrected chi connectivity index (χ1v) is 6.77. The molecule has 2 N–H and O–H groups in total. The third-order valence-corrected chi connectivity index (χ3v) is 3.43. The number of nitrogen functional groups attached to an aromatic ring is 1. The van der Waals surface area contributed by atoms with Gasteiger partial charge in [-0.15, -0.1) is 0 Å². The number of rotatable bonds is 3. The Labute approximate surface area is 136 Å². The lowest BCUT2D eigenvalue weighted by molar-refractivity contribution is -0.140. The maximum absolute atomic E-state index is 13.4. The van der Waals surface area contributed by atoms with Gasteiger partial charge in [0.05, 0.1) is 11.8 Å². The lowest BCUT2D eigenvalue weighted by Crippen LogP contribution is -2.09. The van der Waals surface area contributed by atoms with Gasteiger partial charge < -0.3 is 5.73 Å². The average molecular weight is 359 g/mol. The van der Waals surface area contributed by atoms with Gasteiger partial charge in [0.2, 0.25) is 0 Å². The van der Waals surface area contributed by atoms with Crippen LogP contribution >= 0.6 is 0 Å². The number of nitrogens with two attached hydrogens (primary N) is 1. The van der Waals surface area contributed by atoms with Gasteiger partial charge >= 0.3 is 12.7 Å². The summed E-state index contributed by atoms with van der Waals surface area (Å²) < 4.78 is 66.9. The van der Waals surface area contributed by atoms with Crippen LogP contribution in [0.25, 0.3) is 17.1 Å². The molecule has 0 spiro atoms. The summed E-state index contributed by atoms with van der Waals surface area (Å²) in [5.41, 5.74) is 3.54. The molecule has 0 atom stereocenters. The molecule has 3 aromatic rings. The van der Waals surface area contributed by atoms with Crippen LogP contribution in [0, 0.1) is 6.92 Å². The number of anilines is 1. The van der Waals surface area contributed by atoms with E-state index in [0.717, 1.165) is 6.20 Å². The highest BCUT2D eigenvalue weighted by Gasteiger charge is 2.40. The normalized spacial score (nSPS) is 12.1. The maximum atomic E-state index is 13.4. The Hall–Kier alpha value is -3.05. The first-order chi connectivity index (χ1) is 11.7. The maximum Gasteiger partial charge on any atom is 0.435 e. The molecule has 0 saturated heterocycles. The standard InChI is InChI=1S/C13H10F5N7/c1-6-7(5-22-24(6)11(14)15)8-9(13(16,17)18)23-25(10(8)19)12-20-3-2-4-21-12/h2-5,11H,19H2,1H3. The van der Waals surface area contributed by atoms with E-state index in [1.807, 2.05) is 0 Å². The van der Waals surface area contributed by atoms with E-state index in [2.05, 4.69) is 20.2 Å². The molecular weight excluding hydrogens is 349 g/mol. The van der Waals surface area contributed by atoms with Crippen LogP contribution in [-0.4, -0.2) is 29.5 Å². The lowest BCUT2D eigenvalue weighted by Gasteiger charge is -2.07. The molecule has 7 nitrogen and oxygen atoms in total. The molecule has 0 aliphatic rings. The third kappa shape index (κ3) is 2.79. The highest BCUT2D eigenvalue weighted by Crippen LogP contribution is 2.41. The Bertz CT molecular complexity index is 898. The minimum Gasteiger partial charge on any atom is -0.383 e. The van der Waals surface area contributed by atoms with Gasteiger partial charge in [0, 0.05) is 23.7 Å². The zero-order valence-corrected chi connectivity index (χ0v) is 12.5. The van der Waals surface area contributed by atoms with Crippen LogP contribution in [0.5, 0.6) is 0 Å². The van der Waals surface area contributed by atoms with Gasteiger partial charge in [0.25, 0.3) is 5.95 Å². The molecule has 3 aromatic heterocycles. The van der Waals surface area contributed by atoms with E-state index >= 15 is 0 Å². The summed E-state index contributed by atoms with van der Waals surface area (Å²) in [6, 6.07) is 1.46. The van der Waals surface area contributed by atoms with Crippen molar-refractivity contribution in [2.75, 3.05) is 5.73 Å². The summed E-state index contributed by atoms with van der Waals surface area (Å²) in [4.78, 5) is 7.59. The predicted octanol–water partition coefficient (Wildman–Crippen LogP) is 2.83. The van der Waals surface area contributed by atoms with Crippen LogP contribution in [0.15, 0.2) is 24.7 Å². The van der Waals surface area contributed by atoms with Crippen molar-refractivity contribution in [3.63, 3.8) is 0 Å². The van der Waals surface area contributed by atoms with Crippen LogP contribution in [0.4, 0.5) is 27.8 Å². The Balaban J connectivity index is 2.27. The zero-order valence-electron chi connectivity index (χ0n) is 12.5. The molecule has 0 saturated carbocycles. The largest absolute Gasteiger partial charge is 0.435 e. The number of hydrogen-bond donors (Lipinski definition) is 1. The molecule has 132 valence electrons. The predicted molar refractivity (Wildman–Crippen MR) is 75.8 cm³/mol. The lowest BCUT2D eigenvalue weighted by atomic mass is 10.1. The molecule has 0 aromatic carbocycles. The van der Waals surface area contributed by atoms with Crippen LogP contribution in [0.1, 0.15) is 17.9 Å². The monoisotopic (exact) mass is 359 g/mol. The van der Waals surface area contributed by atoms with Crippen LogP contribution < -0.4 is 5.73 Å². The SMILES string of the molecule is Cc1c(-c2c(C(F)(F)F)nn(-c3ncccn3)c2N)cnn1C(F)F. The zero-order chi connectivity index (χ0) is 18.4. The minimum absolute atomic E-state index is 0.180. The van der Waals surface area contributed by atoms with Gasteiger partial charge in [-0.1, -0.05) is 0 Å². The first kappa shape index (κ1) is 16.8. The van der Waals surface area contributed by atoms with E-state index < -0.39 is 29.8 Å². The summed E-state index contributed by atoms with van der Waals surface area (Å²) in [5, 5.41) is 6.85. The second kappa shape index (κ2) is 5.79. The van der Waals surface area contributed by atoms with E-state index in [1.165, 1.54) is 25.4 Å². The van der Waals surface area contributed by atoms with Crippen molar-refractivity contribution in [2.45, 2.75) is 19.6 Å². The summed E-state index contributed by atoms with van der Waals surface area (Å²) in [5.74, 6) is -0.619. The fraction of sp³-hybridized carbons (Fsp3) is 0.231. The van der Waals surface area contributed by atoms with Gasteiger partial charge in [-0.3, -0.25) is 0 Å². The Morgan fingerprint density at radius 1 is 1.16 bits per heavy atom. The highest BCUT2D eigenvalue weighted by atomic mass is 19.4. The van der Waals surface area contributed by atoms with E-state index in [0.29, 0.717) is 9.36 Å². The van der Waals surface area contributed by atoms with Crippen molar-refractivity contribution in [3.05, 3.63) is 36.0 Å². The van der Waals surface area contributed by atoms with E-state index in [1.54, 1.807) is 0 Å². The second-order valence-electron chi connectivity index (χ2n) is 4.93. The number of aromatic nitrogens is 6. The molecule has 0 amide bonds. The molecular formula is C13H10F5N7. The Morgan fingerprint density at radius 3 is 2.32 bits per heavy atom. The van der Waals surface area contributed by atoms with Gasteiger partial charge in [0.15, 0.2) is 5.69 Å². The Morgan fingerprint density at radius 2 is 1.80 bits per heavy atom. The van der Waals surface area contributed by atoms with Gasteiger partial charge in [-0.25, -0.2) is 14.6 Å². The number of halogens is 5. The van der Waals surface area contributed by atoms with E-state index in [9.17, 15) is 22.0 Å². The fourth-order valence-corrected chi connectivity index (χ4v) is 2.31. The molecule has 0 aliphatic heterocycles. The average Bonchev–Trinajstić information content (AvgIpc) is 3.08. The summed E-state index contributed by atoms with van der Waals surface area (Å²) in [6.45, 7) is -1.79. The third-order valence-electron chi connectivity index (χ3n) is 3.43. The molecule has 0 unspecified atom stereocenters. The summed E-state index contributed by atoms with van der Waals surface area (Å²) in [7, 11) is 0. The number of alkyl halides is 5. The summed E-state index contributed by atoms with van der Waals surface area (Å²) >= 11 is 0. The molecule has 3 heterocycles. The quantitative estimate of drug-likeness (QED) is 0.727. The van der Waals surface area contributed by atoms with Crippen LogP contribution in [0.2, 0.25) is 0 Å². The highest BCUT2D eigenvalue weighted by molar-refractivity contribution is 5.79. The van der Waals surface area contributed by atoms with Crippen LogP contribution in [0.3, 0.4) is 0 Å². The van der Waals surface area contributed by atoms with Crippen molar-refractivity contribution in [1.29, 1.82) is 0 Å². The van der Waals surface area contributed by atoms with Gasteiger partial charge in [-0.2, -0.15) is 36.8 Å². The smallest absolute Gasteiger partial charge is 0.383 e. The molecule has 12 heteroatoms. The summed E-state index contributed by atoms with van der Waals surface area (Å²) in [6.07, 6.45) is -1.38. The number of hydrogen-bond acceptors (Lipinski definition) is 5. The Kier molecular flexibility index (Phi) is 3.89. The molecule has 3 rings (SSSR count). The van der Waals surface area contributed by atoms with Crippen LogP contribution in [-0.2, 0) is 6.18 Å². The topological polar surface area (TPSA) is 87.4 Å². The molecule has 0 radical (unpaired) electrons. The first-order valence-electron chi connectivity index (χ1n) is 6.77. The van der Waals surface area contributed by atoms with Gasteiger partial charge in [-0.05, 0) is 13.0 Å². The van der Waals surface area contributed by atoms with E-state index in [-0.39, 0.29) is 17.2 Å². The molecule has 0 fully saturated rings. The minimum atomic E-state index is -4.87. The van der Waals surface area contributed by atoms with Crippen molar-refractivity contribution < 1.29 is 22.0 Å². The fourth-order valence-electron chi connectivity index (χ4n) is 2.31. The number of nitrogens with zero attached hydrogens (tertiary/aromatic N) is 6. The molecule has 0 bridgehead atoms. The van der Waals surface area contributed by atoms with Crippen molar-refractivity contribution in [3.8, 4) is 17.1 Å². The second-order valence-corrected chi connectivity index (χ2v) is 4.93. The van der Waals surface area contributed by atoms with Crippen molar-refractivity contribution >= 4 is 5.82 Å². The van der Waals surface area contributed by atoms with Crippen molar-refractivity contribution in [2.24, 2.45) is 0 Å².